The van der Waals surface area contributed by atoms with Crippen LogP contribution in [-0.4, -0.2) is 55.4 Å². The average Bonchev–Trinajstić information content (AvgIpc) is 3.12. The molecule has 0 aliphatic carbocycles. The molecule has 0 bridgehead atoms. The van der Waals surface area contributed by atoms with Crippen molar-refractivity contribution in [1.82, 2.24) is 9.21 Å². The molecule has 180 valence electrons. The van der Waals surface area contributed by atoms with Crippen molar-refractivity contribution in [2.24, 2.45) is 0 Å². The molecule has 1 fully saturated rings. The SMILES string of the molecule is CCN(CC)c1ccc([C@H]2N(C(=O)C(F)(F)F)[C@H](C)CN2S(=O)(=O)c2ccc(C)cc2)cc1. The fraction of sp³-hybridized carbons (Fsp3) is 0.435. The predicted molar refractivity (Wildman–Crippen MR) is 120 cm³/mol. The minimum absolute atomic E-state index is 0.0358. The van der Waals surface area contributed by atoms with Crippen molar-refractivity contribution in [2.75, 3.05) is 24.5 Å². The first kappa shape index (κ1) is 25.0. The van der Waals surface area contributed by atoms with E-state index in [1.807, 2.05) is 13.8 Å². The van der Waals surface area contributed by atoms with Crippen molar-refractivity contribution in [2.45, 2.75) is 51.0 Å². The highest BCUT2D eigenvalue weighted by atomic mass is 32.2. The van der Waals surface area contributed by atoms with E-state index in [9.17, 15) is 26.4 Å². The lowest BCUT2D eigenvalue weighted by molar-refractivity contribution is -0.189. The summed E-state index contributed by atoms with van der Waals surface area (Å²) in [6.45, 7) is 8.42. The maximum Gasteiger partial charge on any atom is 0.471 e. The van der Waals surface area contributed by atoms with Gasteiger partial charge in [-0.25, -0.2) is 8.42 Å². The fourth-order valence-electron chi connectivity index (χ4n) is 4.13. The van der Waals surface area contributed by atoms with Crippen LogP contribution in [0.15, 0.2) is 53.4 Å². The highest BCUT2D eigenvalue weighted by Crippen LogP contribution is 2.40. The van der Waals surface area contributed by atoms with Gasteiger partial charge in [0.05, 0.1) is 4.90 Å². The largest absolute Gasteiger partial charge is 0.471 e. The first-order chi connectivity index (χ1) is 15.4. The molecule has 6 nitrogen and oxygen atoms in total. The molecule has 0 unspecified atom stereocenters. The molecular formula is C23H28F3N3O3S. The van der Waals surface area contributed by atoms with Gasteiger partial charge < -0.3 is 9.80 Å². The Bertz CT molecular complexity index is 1080. The Morgan fingerprint density at radius 1 is 1.03 bits per heavy atom. The standard InChI is InChI=1S/C23H28F3N3O3S/c1-5-27(6-2)19-11-9-18(10-12-19)21-28(15-17(4)29(21)22(30)23(24,25)26)33(31,32)20-13-7-16(3)8-14-20/h7-14,17,21H,5-6,15H2,1-4H3/t17-,21-/m1/s1. The van der Waals surface area contributed by atoms with E-state index in [0.717, 1.165) is 28.6 Å². The number of rotatable bonds is 6. The molecule has 0 aromatic heterocycles. The summed E-state index contributed by atoms with van der Waals surface area (Å²) in [5, 5.41) is 0. The van der Waals surface area contributed by atoms with Crippen molar-refractivity contribution in [3.05, 3.63) is 59.7 Å². The van der Waals surface area contributed by atoms with Gasteiger partial charge in [0.15, 0.2) is 0 Å². The van der Waals surface area contributed by atoms with Gasteiger partial charge in [-0.2, -0.15) is 17.5 Å². The van der Waals surface area contributed by atoms with Gasteiger partial charge in [-0.1, -0.05) is 29.8 Å². The second-order valence-electron chi connectivity index (χ2n) is 8.08. The van der Waals surface area contributed by atoms with Crippen molar-refractivity contribution in [3.8, 4) is 0 Å². The number of sulfonamides is 1. The fourth-order valence-corrected chi connectivity index (χ4v) is 5.78. The van der Waals surface area contributed by atoms with Crippen LogP contribution < -0.4 is 4.90 Å². The van der Waals surface area contributed by atoms with Crippen LogP contribution in [0.3, 0.4) is 0 Å². The summed E-state index contributed by atoms with van der Waals surface area (Å²) in [5.74, 6) is -2.06. The molecule has 3 rings (SSSR count). The lowest BCUT2D eigenvalue weighted by Crippen LogP contribution is -2.45. The molecule has 1 amide bonds. The van der Waals surface area contributed by atoms with Crippen LogP contribution in [0.1, 0.15) is 38.1 Å². The maximum absolute atomic E-state index is 13.5. The molecular weight excluding hydrogens is 455 g/mol. The molecule has 2 aromatic carbocycles. The number of alkyl halides is 3. The van der Waals surface area contributed by atoms with Crippen molar-refractivity contribution >= 4 is 21.6 Å². The van der Waals surface area contributed by atoms with Gasteiger partial charge in [-0.05, 0) is 57.5 Å². The molecule has 1 aliphatic rings. The van der Waals surface area contributed by atoms with E-state index < -0.39 is 34.3 Å². The van der Waals surface area contributed by atoms with E-state index in [-0.39, 0.29) is 11.4 Å². The summed E-state index contributed by atoms with van der Waals surface area (Å²) in [6.07, 6.45) is -6.54. The number of hydrogen-bond acceptors (Lipinski definition) is 4. The third-order valence-electron chi connectivity index (χ3n) is 5.88. The van der Waals surface area contributed by atoms with Gasteiger partial charge >= 0.3 is 12.1 Å². The minimum atomic E-state index is -5.13. The molecule has 2 aromatic rings. The van der Waals surface area contributed by atoms with E-state index in [0.29, 0.717) is 10.5 Å². The van der Waals surface area contributed by atoms with E-state index in [4.69, 9.17) is 0 Å². The topological polar surface area (TPSA) is 60.9 Å². The zero-order valence-corrected chi connectivity index (χ0v) is 19.8. The van der Waals surface area contributed by atoms with E-state index in [2.05, 4.69) is 4.90 Å². The molecule has 1 saturated heterocycles. The number of nitrogens with zero attached hydrogens (tertiary/aromatic N) is 3. The van der Waals surface area contributed by atoms with Crippen molar-refractivity contribution in [3.63, 3.8) is 0 Å². The molecule has 1 aliphatic heterocycles. The van der Waals surface area contributed by atoms with E-state index in [1.54, 1.807) is 43.3 Å². The van der Waals surface area contributed by atoms with Crippen LogP contribution in [0.4, 0.5) is 18.9 Å². The average molecular weight is 484 g/mol. The molecule has 33 heavy (non-hydrogen) atoms. The number of hydrogen-bond donors (Lipinski definition) is 0. The summed E-state index contributed by atoms with van der Waals surface area (Å²) in [4.78, 5) is 15.0. The normalized spacial score (nSPS) is 19.7. The van der Waals surface area contributed by atoms with Crippen LogP contribution >= 0.6 is 0 Å². The van der Waals surface area contributed by atoms with Gasteiger partial charge in [0, 0.05) is 31.4 Å². The molecule has 0 spiro atoms. The highest BCUT2D eigenvalue weighted by molar-refractivity contribution is 7.89. The number of aryl methyl sites for hydroxylation is 1. The highest BCUT2D eigenvalue weighted by Gasteiger charge is 2.53. The Morgan fingerprint density at radius 2 is 1.58 bits per heavy atom. The van der Waals surface area contributed by atoms with Gasteiger partial charge in [0.1, 0.15) is 6.17 Å². The monoisotopic (exact) mass is 483 g/mol. The number of amides is 1. The predicted octanol–water partition coefficient (Wildman–Crippen LogP) is 4.32. The van der Waals surface area contributed by atoms with Gasteiger partial charge in [0.25, 0.3) is 0 Å². The molecule has 2 atom stereocenters. The number of anilines is 1. The number of carbonyl (C=O) groups is 1. The zero-order valence-electron chi connectivity index (χ0n) is 19.0. The van der Waals surface area contributed by atoms with Crippen LogP contribution in [0, 0.1) is 6.92 Å². The minimum Gasteiger partial charge on any atom is -0.372 e. The first-order valence-electron chi connectivity index (χ1n) is 10.7. The van der Waals surface area contributed by atoms with Gasteiger partial charge in [-0.3, -0.25) is 4.79 Å². The lowest BCUT2D eigenvalue weighted by atomic mass is 10.1. The van der Waals surface area contributed by atoms with Gasteiger partial charge in [-0.15, -0.1) is 0 Å². The quantitative estimate of drug-likeness (QED) is 0.614. The Morgan fingerprint density at radius 3 is 2.06 bits per heavy atom. The molecule has 0 N–H and O–H groups in total. The van der Waals surface area contributed by atoms with Crippen LogP contribution in [0.2, 0.25) is 0 Å². The third kappa shape index (κ3) is 4.86. The third-order valence-corrected chi connectivity index (χ3v) is 7.71. The number of halogens is 3. The van der Waals surface area contributed by atoms with E-state index in [1.165, 1.54) is 19.1 Å². The van der Waals surface area contributed by atoms with Crippen LogP contribution in [-0.2, 0) is 14.8 Å². The first-order valence-corrected chi connectivity index (χ1v) is 12.2. The lowest BCUT2D eigenvalue weighted by Gasteiger charge is -2.32. The Labute approximate surface area is 192 Å². The molecule has 0 radical (unpaired) electrons. The summed E-state index contributed by atoms with van der Waals surface area (Å²) >= 11 is 0. The van der Waals surface area contributed by atoms with Gasteiger partial charge in [0.2, 0.25) is 10.0 Å². The van der Waals surface area contributed by atoms with Crippen LogP contribution in [0.5, 0.6) is 0 Å². The maximum atomic E-state index is 13.5. The second kappa shape index (κ2) is 9.34. The second-order valence-corrected chi connectivity index (χ2v) is 9.98. The van der Waals surface area contributed by atoms with Crippen LogP contribution in [0.25, 0.3) is 0 Å². The number of benzene rings is 2. The van der Waals surface area contributed by atoms with Crippen molar-refractivity contribution < 1.29 is 26.4 Å². The summed E-state index contributed by atoms with van der Waals surface area (Å²) in [5.41, 5.74) is 2.00. The number of carbonyl (C=O) groups excluding carboxylic acids is 1. The molecule has 1 heterocycles. The summed E-state index contributed by atoms with van der Waals surface area (Å²) in [7, 11) is -4.17. The summed E-state index contributed by atoms with van der Waals surface area (Å²) < 4.78 is 68.3. The Hall–Kier alpha value is -2.59. The smallest absolute Gasteiger partial charge is 0.372 e. The zero-order chi connectivity index (χ0) is 24.6. The molecule has 10 heteroatoms. The van der Waals surface area contributed by atoms with Crippen molar-refractivity contribution in [1.29, 1.82) is 0 Å². The van der Waals surface area contributed by atoms with E-state index >= 15 is 0 Å². The Kier molecular flexibility index (Phi) is 7.09. The molecule has 0 saturated carbocycles. The summed E-state index contributed by atoms with van der Waals surface area (Å²) in [6, 6.07) is 11.8. The Balaban J connectivity index is 2.11.